The number of primary amides is 1. The molecule has 0 saturated heterocycles. The van der Waals surface area contributed by atoms with Gasteiger partial charge in [-0.3, -0.25) is 9.59 Å². The number of nitrogens with one attached hydrogen (secondary N) is 1. The van der Waals surface area contributed by atoms with E-state index in [4.69, 9.17) is 15.2 Å². The number of hydrogen-bond acceptors (Lipinski definition) is 4. The maximum atomic E-state index is 12.5. The quantitative estimate of drug-likeness (QED) is 0.582. The Bertz CT molecular complexity index is 956. The average molecular weight is 390 g/mol. The Balaban J connectivity index is 1.55. The van der Waals surface area contributed by atoms with Crippen molar-refractivity contribution >= 4 is 17.5 Å². The standard InChI is InChI=1S/C23H22N2O4/c24-22(26)13-14-28-20-11-9-19(10-12-20)25-23(27)18-7-4-8-21(15-18)29-16-17-5-2-1-3-6-17/h1-12,15H,13-14,16H2,(H2,24,26)(H,25,27). The lowest BCUT2D eigenvalue weighted by Crippen LogP contribution is -2.14. The minimum Gasteiger partial charge on any atom is -0.493 e. The van der Waals surface area contributed by atoms with Crippen molar-refractivity contribution in [3.05, 3.63) is 90.0 Å². The fourth-order valence-electron chi connectivity index (χ4n) is 2.58. The fraction of sp³-hybridized carbons (Fsp3) is 0.130. The molecule has 0 bridgehead atoms. The first kappa shape index (κ1) is 19.9. The maximum Gasteiger partial charge on any atom is 0.255 e. The van der Waals surface area contributed by atoms with Crippen LogP contribution in [0.5, 0.6) is 11.5 Å². The zero-order chi connectivity index (χ0) is 20.5. The highest BCUT2D eigenvalue weighted by Gasteiger charge is 2.08. The van der Waals surface area contributed by atoms with Gasteiger partial charge in [-0.1, -0.05) is 36.4 Å². The topological polar surface area (TPSA) is 90.7 Å². The third kappa shape index (κ3) is 6.39. The van der Waals surface area contributed by atoms with E-state index >= 15 is 0 Å². The van der Waals surface area contributed by atoms with E-state index in [0.717, 1.165) is 5.56 Å². The van der Waals surface area contributed by atoms with Gasteiger partial charge < -0.3 is 20.5 Å². The molecule has 0 radical (unpaired) electrons. The molecule has 0 atom stereocenters. The second kappa shape index (κ2) is 9.94. The molecule has 0 heterocycles. The highest BCUT2D eigenvalue weighted by molar-refractivity contribution is 6.04. The molecule has 0 aliphatic heterocycles. The molecular weight excluding hydrogens is 368 g/mol. The predicted octanol–water partition coefficient (Wildman–Crippen LogP) is 3.77. The van der Waals surface area contributed by atoms with E-state index in [9.17, 15) is 9.59 Å². The highest BCUT2D eigenvalue weighted by Crippen LogP contribution is 2.19. The Hall–Kier alpha value is -3.80. The summed E-state index contributed by atoms with van der Waals surface area (Å²) < 4.78 is 11.2. The van der Waals surface area contributed by atoms with E-state index in [2.05, 4.69) is 5.32 Å². The molecule has 29 heavy (non-hydrogen) atoms. The Kier molecular flexibility index (Phi) is 6.84. The van der Waals surface area contributed by atoms with Crippen molar-refractivity contribution < 1.29 is 19.1 Å². The number of nitrogens with two attached hydrogens (primary N) is 1. The summed E-state index contributed by atoms with van der Waals surface area (Å²) >= 11 is 0. The number of amides is 2. The van der Waals surface area contributed by atoms with Gasteiger partial charge in [0.2, 0.25) is 5.91 Å². The van der Waals surface area contributed by atoms with Gasteiger partial charge in [-0.05, 0) is 48.0 Å². The molecule has 148 valence electrons. The maximum absolute atomic E-state index is 12.5. The van der Waals surface area contributed by atoms with Crippen LogP contribution < -0.4 is 20.5 Å². The number of benzene rings is 3. The Morgan fingerprint density at radius 1 is 0.828 bits per heavy atom. The summed E-state index contributed by atoms with van der Waals surface area (Å²) in [6.45, 7) is 0.653. The van der Waals surface area contributed by atoms with Crippen LogP contribution in [0.15, 0.2) is 78.9 Å². The van der Waals surface area contributed by atoms with E-state index in [1.54, 1.807) is 42.5 Å². The lowest BCUT2D eigenvalue weighted by molar-refractivity contribution is -0.118. The smallest absolute Gasteiger partial charge is 0.255 e. The molecule has 3 rings (SSSR count). The first-order valence-electron chi connectivity index (χ1n) is 9.19. The van der Waals surface area contributed by atoms with Gasteiger partial charge in [-0.15, -0.1) is 0 Å². The van der Waals surface area contributed by atoms with Crippen molar-refractivity contribution in [1.82, 2.24) is 0 Å². The van der Waals surface area contributed by atoms with Gasteiger partial charge in [0, 0.05) is 11.3 Å². The molecule has 0 saturated carbocycles. The Labute approximate surface area is 169 Å². The second-order valence-corrected chi connectivity index (χ2v) is 6.35. The highest BCUT2D eigenvalue weighted by atomic mass is 16.5. The summed E-state index contributed by atoms with van der Waals surface area (Å²) in [7, 11) is 0. The zero-order valence-electron chi connectivity index (χ0n) is 15.8. The molecule has 6 heteroatoms. The summed E-state index contributed by atoms with van der Waals surface area (Å²) in [5.74, 6) is 0.571. The first-order chi connectivity index (χ1) is 14.1. The van der Waals surface area contributed by atoms with Crippen LogP contribution in [0.3, 0.4) is 0 Å². The molecule has 3 aromatic carbocycles. The van der Waals surface area contributed by atoms with Crippen molar-refractivity contribution in [3.8, 4) is 11.5 Å². The minimum atomic E-state index is -0.413. The van der Waals surface area contributed by atoms with E-state index in [1.807, 2.05) is 36.4 Å². The van der Waals surface area contributed by atoms with E-state index in [-0.39, 0.29) is 18.9 Å². The minimum absolute atomic E-state index is 0.154. The van der Waals surface area contributed by atoms with Gasteiger partial charge in [-0.2, -0.15) is 0 Å². The van der Waals surface area contributed by atoms with Crippen molar-refractivity contribution in [2.45, 2.75) is 13.0 Å². The molecule has 6 nitrogen and oxygen atoms in total. The average Bonchev–Trinajstić information content (AvgIpc) is 2.74. The molecular formula is C23H22N2O4. The zero-order valence-corrected chi connectivity index (χ0v) is 15.8. The van der Waals surface area contributed by atoms with Crippen LogP contribution in [0.4, 0.5) is 5.69 Å². The monoisotopic (exact) mass is 390 g/mol. The SMILES string of the molecule is NC(=O)CCOc1ccc(NC(=O)c2cccc(OCc3ccccc3)c2)cc1. The largest absolute Gasteiger partial charge is 0.493 e. The lowest BCUT2D eigenvalue weighted by Gasteiger charge is -2.10. The first-order valence-corrected chi connectivity index (χ1v) is 9.19. The van der Waals surface area contributed by atoms with Crippen LogP contribution in [-0.4, -0.2) is 18.4 Å². The number of carbonyl (C=O) groups excluding carboxylic acids is 2. The number of hydrogen-bond donors (Lipinski definition) is 2. The summed E-state index contributed by atoms with van der Waals surface area (Å²) in [4.78, 5) is 23.2. The summed E-state index contributed by atoms with van der Waals surface area (Å²) in [5, 5.41) is 2.84. The van der Waals surface area contributed by atoms with Crippen LogP contribution >= 0.6 is 0 Å². The second-order valence-electron chi connectivity index (χ2n) is 6.35. The number of anilines is 1. The van der Waals surface area contributed by atoms with Crippen molar-refractivity contribution in [3.63, 3.8) is 0 Å². The van der Waals surface area contributed by atoms with Crippen LogP contribution in [0.2, 0.25) is 0 Å². The molecule has 0 aromatic heterocycles. The number of carbonyl (C=O) groups is 2. The Morgan fingerprint density at radius 2 is 1.59 bits per heavy atom. The van der Waals surface area contributed by atoms with Gasteiger partial charge in [-0.25, -0.2) is 0 Å². The van der Waals surface area contributed by atoms with Gasteiger partial charge in [0.15, 0.2) is 0 Å². The van der Waals surface area contributed by atoms with Gasteiger partial charge in [0.25, 0.3) is 5.91 Å². The summed E-state index contributed by atoms with van der Waals surface area (Å²) in [6.07, 6.45) is 0.154. The van der Waals surface area contributed by atoms with Gasteiger partial charge in [0.05, 0.1) is 13.0 Å². The molecule has 3 aromatic rings. The third-order valence-electron chi connectivity index (χ3n) is 4.07. The van der Waals surface area contributed by atoms with E-state index < -0.39 is 5.91 Å². The van der Waals surface area contributed by atoms with Crippen LogP contribution in [0.1, 0.15) is 22.3 Å². The Morgan fingerprint density at radius 3 is 2.31 bits per heavy atom. The normalized spacial score (nSPS) is 10.2. The molecule has 0 spiro atoms. The molecule has 2 amide bonds. The predicted molar refractivity (Wildman–Crippen MR) is 111 cm³/mol. The lowest BCUT2D eigenvalue weighted by atomic mass is 10.2. The van der Waals surface area contributed by atoms with Crippen LogP contribution in [0, 0.1) is 0 Å². The van der Waals surface area contributed by atoms with Gasteiger partial charge in [0.1, 0.15) is 18.1 Å². The van der Waals surface area contributed by atoms with E-state index in [1.165, 1.54) is 0 Å². The molecule has 0 aliphatic rings. The molecule has 0 aliphatic carbocycles. The third-order valence-corrected chi connectivity index (χ3v) is 4.07. The molecule has 0 fully saturated rings. The number of ether oxygens (including phenoxy) is 2. The van der Waals surface area contributed by atoms with Crippen molar-refractivity contribution in [2.75, 3.05) is 11.9 Å². The van der Waals surface area contributed by atoms with Crippen molar-refractivity contribution in [1.29, 1.82) is 0 Å². The van der Waals surface area contributed by atoms with Crippen LogP contribution in [0.25, 0.3) is 0 Å². The number of rotatable bonds is 9. The van der Waals surface area contributed by atoms with Gasteiger partial charge >= 0.3 is 0 Å². The molecule has 3 N–H and O–H groups in total. The fourth-order valence-corrected chi connectivity index (χ4v) is 2.58. The molecule has 0 unspecified atom stereocenters. The van der Waals surface area contributed by atoms with E-state index in [0.29, 0.717) is 29.4 Å². The summed E-state index contributed by atoms with van der Waals surface area (Å²) in [6, 6.07) is 23.8. The van der Waals surface area contributed by atoms with Crippen molar-refractivity contribution in [2.24, 2.45) is 5.73 Å². The summed E-state index contributed by atoms with van der Waals surface area (Å²) in [5.41, 5.74) is 7.26. The van der Waals surface area contributed by atoms with Crippen LogP contribution in [-0.2, 0) is 11.4 Å².